The Kier molecular flexibility index (Phi) is 3.57. The molecule has 92 valence electrons. The number of H-pyrrole nitrogens is 1. The fourth-order valence-corrected chi connectivity index (χ4v) is 1.76. The maximum absolute atomic E-state index is 11.9. The number of carbonyl (C=O) groups is 1. The minimum Gasteiger partial charge on any atom is -0.326 e. The van der Waals surface area contributed by atoms with Gasteiger partial charge in [0, 0.05) is 11.9 Å². The van der Waals surface area contributed by atoms with Crippen LogP contribution in [0, 0.1) is 6.92 Å². The molecular weight excluding hydrogens is 298 g/mol. The predicted octanol–water partition coefficient (Wildman–Crippen LogP) is 2.09. The number of hydrogen-bond acceptors (Lipinski definition) is 3. The second-order valence-corrected chi connectivity index (χ2v) is 4.53. The Labute approximate surface area is 111 Å². The van der Waals surface area contributed by atoms with E-state index in [4.69, 9.17) is 0 Å². The maximum atomic E-state index is 11.9. The summed E-state index contributed by atoms with van der Waals surface area (Å²) >= 11 is 3.26. The fraction of sp³-hybridized carbons (Fsp3) is 0.0833. The number of amides is 1. The van der Waals surface area contributed by atoms with Crippen molar-refractivity contribution >= 4 is 27.7 Å². The molecule has 2 N–H and O–H groups in total. The number of pyridine rings is 2. The summed E-state index contributed by atoms with van der Waals surface area (Å²) in [6.45, 7) is 1.75. The van der Waals surface area contributed by atoms with Crippen LogP contribution in [0.4, 0.5) is 5.82 Å². The van der Waals surface area contributed by atoms with E-state index < -0.39 is 11.5 Å². The molecule has 18 heavy (non-hydrogen) atoms. The number of anilines is 1. The summed E-state index contributed by atoms with van der Waals surface area (Å²) in [5, 5.41) is 2.57. The zero-order chi connectivity index (χ0) is 13.1. The van der Waals surface area contributed by atoms with Crippen molar-refractivity contribution in [3.05, 3.63) is 56.5 Å². The molecule has 0 bridgehead atoms. The molecule has 0 saturated carbocycles. The fourth-order valence-electron chi connectivity index (χ4n) is 1.40. The van der Waals surface area contributed by atoms with Crippen molar-refractivity contribution in [1.29, 1.82) is 0 Å². The highest BCUT2D eigenvalue weighted by Crippen LogP contribution is 2.18. The lowest BCUT2D eigenvalue weighted by molar-refractivity contribution is 0.102. The van der Waals surface area contributed by atoms with Gasteiger partial charge in [-0.2, -0.15) is 0 Å². The van der Waals surface area contributed by atoms with E-state index in [9.17, 15) is 9.59 Å². The quantitative estimate of drug-likeness (QED) is 0.892. The maximum Gasteiger partial charge on any atom is 0.262 e. The summed E-state index contributed by atoms with van der Waals surface area (Å²) in [5.74, 6) is -0.113. The van der Waals surface area contributed by atoms with Crippen LogP contribution in [-0.4, -0.2) is 15.9 Å². The SMILES string of the molecule is Cc1ccc(C(=O)Nc2ncccc2Br)c(=O)[nH]1. The van der Waals surface area contributed by atoms with E-state index in [0.29, 0.717) is 16.0 Å². The Morgan fingerprint density at radius 2 is 2.17 bits per heavy atom. The summed E-state index contributed by atoms with van der Waals surface area (Å²) in [6.07, 6.45) is 1.56. The van der Waals surface area contributed by atoms with E-state index in [1.165, 1.54) is 6.07 Å². The molecule has 0 aliphatic rings. The van der Waals surface area contributed by atoms with E-state index in [2.05, 4.69) is 31.2 Å². The predicted molar refractivity (Wildman–Crippen MR) is 71.7 cm³/mol. The van der Waals surface area contributed by atoms with Crippen molar-refractivity contribution in [1.82, 2.24) is 9.97 Å². The van der Waals surface area contributed by atoms with Crippen molar-refractivity contribution in [2.75, 3.05) is 5.32 Å². The highest BCUT2D eigenvalue weighted by atomic mass is 79.9. The minimum atomic E-state index is -0.490. The van der Waals surface area contributed by atoms with Gasteiger partial charge in [0.1, 0.15) is 11.4 Å². The van der Waals surface area contributed by atoms with Gasteiger partial charge in [-0.25, -0.2) is 4.98 Å². The number of rotatable bonds is 2. The van der Waals surface area contributed by atoms with Crippen LogP contribution in [-0.2, 0) is 0 Å². The Balaban J connectivity index is 2.28. The Morgan fingerprint density at radius 1 is 1.39 bits per heavy atom. The zero-order valence-electron chi connectivity index (χ0n) is 9.53. The van der Waals surface area contributed by atoms with E-state index in [1.807, 2.05) is 0 Å². The summed E-state index contributed by atoms with van der Waals surface area (Å²) < 4.78 is 0.655. The Bertz CT molecular complexity index is 652. The smallest absolute Gasteiger partial charge is 0.262 e. The van der Waals surface area contributed by atoms with Gasteiger partial charge in [0.15, 0.2) is 0 Å². The lowest BCUT2D eigenvalue weighted by Gasteiger charge is -2.05. The van der Waals surface area contributed by atoms with Crippen molar-refractivity contribution in [3.8, 4) is 0 Å². The van der Waals surface area contributed by atoms with Gasteiger partial charge < -0.3 is 10.3 Å². The summed E-state index contributed by atoms with van der Waals surface area (Å²) in [6, 6.07) is 6.64. The summed E-state index contributed by atoms with van der Waals surface area (Å²) in [4.78, 5) is 30.1. The highest BCUT2D eigenvalue weighted by Gasteiger charge is 2.12. The molecule has 1 amide bonds. The normalized spacial score (nSPS) is 10.1. The molecule has 2 aromatic rings. The molecule has 0 radical (unpaired) electrons. The van der Waals surface area contributed by atoms with Crippen LogP contribution in [0.1, 0.15) is 16.1 Å². The van der Waals surface area contributed by atoms with Crippen molar-refractivity contribution in [3.63, 3.8) is 0 Å². The molecule has 0 aliphatic carbocycles. The number of halogens is 1. The largest absolute Gasteiger partial charge is 0.326 e. The molecule has 0 saturated heterocycles. The molecule has 0 atom stereocenters. The molecule has 2 heterocycles. The van der Waals surface area contributed by atoms with Gasteiger partial charge in [0.25, 0.3) is 11.5 Å². The number of carbonyl (C=O) groups excluding carboxylic acids is 1. The summed E-state index contributed by atoms with van der Waals surface area (Å²) in [5.41, 5.74) is 0.341. The van der Waals surface area contributed by atoms with E-state index in [-0.39, 0.29) is 5.56 Å². The van der Waals surface area contributed by atoms with Crippen LogP contribution in [0.15, 0.2) is 39.7 Å². The molecule has 0 unspecified atom stereocenters. The molecule has 5 nitrogen and oxygen atoms in total. The molecule has 2 rings (SSSR count). The van der Waals surface area contributed by atoms with Crippen LogP contribution in [0.25, 0.3) is 0 Å². The first-order valence-corrected chi connectivity index (χ1v) is 5.99. The van der Waals surface area contributed by atoms with E-state index in [1.54, 1.807) is 31.3 Å². The molecule has 0 aromatic carbocycles. The Morgan fingerprint density at radius 3 is 2.83 bits per heavy atom. The van der Waals surface area contributed by atoms with E-state index >= 15 is 0 Å². The second-order valence-electron chi connectivity index (χ2n) is 3.67. The monoisotopic (exact) mass is 307 g/mol. The average molecular weight is 308 g/mol. The number of hydrogen-bond donors (Lipinski definition) is 2. The number of aromatic amines is 1. The first kappa shape index (κ1) is 12.5. The van der Waals surface area contributed by atoms with Crippen LogP contribution in [0.2, 0.25) is 0 Å². The average Bonchev–Trinajstić information content (AvgIpc) is 2.32. The van der Waals surface area contributed by atoms with Crippen LogP contribution in [0.5, 0.6) is 0 Å². The van der Waals surface area contributed by atoms with Gasteiger partial charge in [-0.3, -0.25) is 9.59 Å². The molecule has 0 aliphatic heterocycles. The number of nitrogens with zero attached hydrogens (tertiary/aromatic N) is 1. The minimum absolute atomic E-state index is 0.0538. The van der Waals surface area contributed by atoms with Crippen LogP contribution < -0.4 is 10.9 Å². The summed E-state index contributed by atoms with van der Waals surface area (Å²) in [7, 11) is 0. The highest BCUT2D eigenvalue weighted by molar-refractivity contribution is 9.10. The van der Waals surface area contributed by atoms with E-state index in [0.717, 1.165) is 0 Å². The van der Waals surface area contributed by atoms with Gasteiger partial charge in [0.2, 0.25) is 0 Å². The Hall–Kier alpha value is -1.95. The molecule has 2 aromatic heterocycles. The lowest BCUT2D eigenvalue weighted by atomic mass is 10.2. The standard InChI is InChI=1S/C12H10BrN3O2/c1-7-4-5-8(11(17)15-7)12(18)16-10-9(13)3-2-6-14-10/h2-6H,1H3,(H,15,17)(H,14,16,18). The van der Waals surface area contributed by atoms with Crippen molar-refractivity contribution in [2.45, 2.75) is 6.92 Å². The first-order valence-electron chi connectivity index (χ1n) is 5.20. The van der Waals surface area contributed by atoms with Gasteiger partial charge >= 0.3 is 0 Å². The van der Waals surface area contributed by atoms with Gasteiger partial charge in [0.05, 0.1) is 4.47 Å². The molecule has 0 fully saturated rings. The van der Waals surface area contributed by atoms with Gasteiger partial charge in [-0.15, -0.1) is 0 Å². The number of nitrogens with one attached hydrogen (secondary N) is 2. The second kappa shape index (κ2) is 5.14. The van der Waals surface area contributed by atoms with Gasteiger partial charge in [-0.1, -0.05) is 0 Å². The lowest BCUT2D eigenvalue weighted by Crippen LogP contribution is -2.23. The third kappa shape index (κ3) is 2.65. The van der Waals surface area contributed by atoms with Gasteiger partial charge in [-0.05, 0) is 47.1 Å². The topological polar surface area (TPSA) is 74.8 Å². The van der Waals surface area contributed by atoms with Crippen molar-refractivity contribution in [2.24, 2.45) is 0 Å². The first-order chi connectivity index (χ1) is 8.58. The molecule has 6 heteroatoms. The molecule has 0 spiro atoms. The molecular formula is C12H10BrN3O2. The third-order valence-electron chi connectivity index (χ3n) is 2.29. The number of aryl methyl sites for hydroxylation is 1. The zero-order valence-corrected chi connectivity index (χ0v) is 11.1. The van der Waals surface area contributed by atoms with Crippen LogP contribution in [0.3, 0.4) is 0 Å². The van der Waals surface area contributed by atoms with Crippen LogP contribution >= 0.6 is 15.9 Å². The third-order valence-corrected chi connectivity index (χ3v) is 2.93. The van der Waals surface area contributed by atoms with Crippen molar-refractivity contribution < 1.29 is 4.79 Å². The number of aromatic nitrogens is 2.